The quantitative estimate of drug-likeness (QED) is 0.262. The number of benzene rings is 4. The van der Waals surface area contributed by atoms with Crippen molar-refractivity contribution >= 4 is 47.6 Å². The molecule has 1 aromatic heterocycles. The van der Waals surface area contributed by atoms with Crippen molar-refractivity contribution in [3.05, 3.63) is 127 Å². The van der Waals surface area contributed by atoms with Gasteiger partial charge in [0.25, 0.3) is 0 Å². The Hall–Kier alpha value is -2.67. The molecule has 0 saturated heterocycles. The molecule has 0 aliphatic rings. The fraction of sp³-hybridized carbons (Fsp3) is 0.0714. The first kappa shape index (κ1) is 20.2. The molecule has 0 unspecified atom stereocenters. The first-order valence-corrected chi connectivity index (χ1v) is 15.1. The Morgan fingerprint density at radius 3 is 1.55 bits per heavy atom. The van der Waals surface area contributed by atoms with E-state index in [1.54, 1.807) is 0 Å². The number of H-pyrrole nitrogens is 1. The summed E-state index contributed by atoms with van der Waals surface area (Å²) in [6, 6.07) is 41.6. The monoisotopic (exact) mass is 485 g/mol. The Kier molecular flexibility index (Phi) is 5.30. The first-order chi connectivity index (χ1) is 15.2. The molecule has 0 fully saturated rings. The molecule has 1 heterocycles. The first-order valence-electron chi connectivity index (χ1n) is 10.6. The second-order valence-electron chi connectivity index (χ2n) is 8.02. The molecule has 0 amide bonds. The van der Waals surface area contributed by atoms with Gasteiger partial charge in [-0.15, -0.1) is 0 Å². The maximum absolute atomic E-state index is 4.55. The van der Waals surface area contributed by atoms with Crippen LogP contribution in [0.15, 0.2) is 121 Å². The van der Waals surface area contributed by atoms with E-state index in [-0.39, 0.29) is 0 Å². The number of halogens is 1. The maximum atomic E-state index is 4.55. The molecule has 5 rings (SSSR count). The van der Waals surface area contributed by atoms with Crippen molar-refractivity contribution in [1.82, 2.24) is 4.98 Å². The van der Waals surface area contributed by atoms with Crippen LogP contribution in [0, 0.1) is 0 Å². The predicted octanol–water partition coefficient (Wildman–Crippen LogP) is 6.55. The van der Waals surface area contributed by atoms with Crippen molar-refractivity contribution in [2.24, 2.45) is 0 Å². The molecule has 0 aliphatic heterocycles. The van der Waals surface area contributed by atoms with E-state index in [0.29, 0.717) is 0 Å². The van der Waals surface area contributed by atoms with Crippen molar-refractivity contribution in [2.45, 2.75) is 6.42 Å². The molecule has 31 heavy (non-hydrogen) atoms. The number of aryl methyl sites for hydroxylation is 1. The summed E-state index contributed by atoms with van der Waals surface area (Å²) in [5.41, 5.74) is 2.57. The number of aromatic amines is 1. The van der Waals surface area contributed by atoms with Crippen molar-refractivity contribution < 1.29 is 0 Å². The average molecular weight is 486 g/mol. The topological polar surface area (TPSA) is 15.8 Å². The zero-order valence-electron chi connectivity index (χ0n) is 17.3. The van der Waals surface area contributed by atoms with Gasteiger partial charge in [0, 0.05) is 0 Å². The summed E-state index contributed by atoms with van der Waals surface area (Å²) in [5, 5.41) is 2.53. The third-order valence-electron chi connectivity index (χ3n) is 6.36. The van der Waals surface area contributed by atoms with Crippen molar-refractivity contribution in [3.8, 4) is 0 Å². The van der Waals surface area contributed by atoms with Crippen molar-refractivity contribution in [1.29, 1.82) is 0 Å². The third kappa shape index (κ3) is 3.35. The van der Waals surface area contributed by atoms with E-state index in [2.05, 4.69) is 142 Å². The number of hydrogen-bond donors (Lipinski definition) is 1. The summed E-state index contributed by atoms with van der Waals surface area (Å²) in [4.78, 5) is 3.46. The number of fused-ring (bicyclic) bond motifs is 1. The van der Waals surface area contributed by atoms with Crippen LogP contribution in [0.1, 0.15) is 5.56 Å². The Balaban J connectivity index is 1.74. The molecule has 0 atom stereocenters. The molecule has 0 aliphatic carbocycles. The minimum atomic E-state index is -2.89. The fourth-order valence-electron chi connectivity index (χ4n) is 4.72. The van der Waals surface area contributed by atoms with Gasteiger partial charge < -0.3 is 0 Å². The van der Waals surface area contributed by atoms with Crippen LogP contribution in [0.25, 0.3) is 10.9 Å². The molecular formula is C28H25BrNP. The van der Waals surface area contributed by atoms with Crippen LogP contribution in [-0.4, -0.2) is 11.1 Å². The number of aromatic nitrogens is 1. The van der Waals surface area contributed by atoms with Gasteiger partial charge in [0.15, 0.2) is 0 Å². The van der Waals surface area contributed by atoms with Crippen molar-refractivity contribution in [2.75, 3.05) is 6.16 Å². The molecule has 0 radical (unpaired) electrons. The Bertz CT molecular complexity index is 1200. The van der Waals surface area contributed by atoms with Gasteiger partial charge in [-0.1, -0.05) is 0 Å². The Morgan fingerprint density at radius 2 is 1.03 bits per heavy atom. The second-order valence-corrected chi connectivity index (χ2v) is 17.1. The Labute approximate surface area is 191 Å². The summed E-state index contributed by atoms with van der Waals surface area (Å²) in [6.45, 7) is 0. The van der Waals surface area contributed by atoms with Gasteiger partial charge in [0.05, 0.1) is 0 Å². The summed E-state index contributed by atoms with van der Waals surface area (Å²) in [7, 11) is 0. The van der Waals surface area contributed by atoms with Crippen LogP contribution in [0.2, 0.25) is 0 Å². The fourth-order valence-corrected chi connectivity index (χ4v) is 12.1. The Morgan fingerprint density at radius 1 is 0.581 bits per heavy atom. The van der Waals surface area contributed by atoms with Crippen LogP contribution in [-0.2, 0) is 6.42 Å². The van der Waals surface area contributed by atoms with Crippen LogP contribution >= 0.6 is 20.8 Å². The summed E-state index contributed by atoms with van der Waals surface area (Å²) in [5.74, 6) is 0. The van der Waals surface area contributed by atoms with Crippen molar-refractivity contribution in [3.63, 3.8) is 0 Å². The molecule has 0 saturated carbocycles. The van der Waals surface area contributed by atoms with E-state index in [4.69, 9.17) is 0 Å². The van der Waals surface area contributed by atoms with E-state index >= 15 is 0 Å². The van der Waals surface area contributed by atoms with Gasteiger partial charge in [-0.25, -0.2) is 0 Å². The summed E-state index contributed by atoms with van der Waals surface area (Å²) in [6.07, 6.45) is 4.16. The number of para-hydroxylation sites is 1. The number of nitrogens with one attached hydrogen (secondary N) is 1. The van der Waals surface area contributed by atoms with E-state index in [0.717, 1.165) is 12.6 Å². The molecule has 1 N–H and O–H groups in total. The van der Waals surface area contributed by atoms with Crippen LogP contribution < -0.4 is 15.9 Å². The molecule has 4 aromatic carbocycles. The molecule has 5 aromatic rings. The number of hydrogen-bond acceptors (Lipinski definition) is 0. The van der Waals surface area contributed by atoms with Gasteiger partial charge >= 0.3 is 192 Å². The third-order valence-corrected chi connectivity index (χ3v) is 16.3. The normalized spacial score (nSPS) is 13.0. The minimum absolute atomic E-state index is 0.978. The van der Waals surface area contributed by atoms with Gasteiger partial charge in [-0.3, -0.25) is 0 Å². The van der Waals surface area contributed by atoms with E-state index in [1.807, 2.05) is 0 Å². The molecular weight excluding hydrogens is 461 g/mol. The SMILES string of the molecule is BrP(CCc1c[nH]c2ccccc12)(c1ccccc1)(c1ccccc1)c1ccccc1. The second kappa shape index (κ2) is 8.11. The summed E-state index contributed by atoms with van der Waals surface area (Å²) >= 11 is 4.55. The molecule has 0 spiro atoms. The van der Waals surface area contributed by atoms with E-state index < -0.39 is 5.31 Å². The van der Waals surface area contributed by atoms with Gasteiger partial charge in [-0.05, 0) is 0 Å². The number of rotatable bonds is 6. The molecule has 154 valence electrons. The summed E-state index contributed by atoms with van der Waals surface area (Å²) < 4.78 is 0. The zero-order chi connectivity index (χ0) is 21.2. The molecule has 3 heteroatoms. The van der Waals surface area contributed by atoms with Gasteiger partial charge in [-0.2, -0.15) is 0 Å². The van der Waals surface area contributed by atoms with E-state index in [9.17, 15) is 0 Å². The van der Waals surface area contributed by atoms with Crippen LogP contribution in [0.4, 0.5) is 0 Å². The van der Waals surface area contributed by atoms with Gasteiger partial charge in [0.1, 0.15) is 0 Å². The average Bonchev–Trinajstić information content (AvgIpc) is 3.28. The van der Waals surface area contributed by atoms with Crippen LogP contribution in [0.5, 0.6) is 0 Å². The molecule has 1 nitrogen and oxygen atoms in total. The predicted molar refractivity (Wildman–Crippen MR) is 141 cm³/mol. The van der Waals surface area contributed by atoms with E-state index in [1.165, 1.54) is 32.4 Å². The zero-order valence-corrected chi connectivity index (χ0v) is 19.8. The van der Waals surface area contributed by atoms with Gasteiger partial charge in [0.2, 0.25) is 0 Å². The standard InChI is InChI=1S/C28H25BrNP/c29-31(24-12-4-1-5-13-24,25-14-6-2-7-15-25,26-16-8-3-9-17-26)21-20-23-22-30-28-19-11-10-18-27(23)28/h1-19,22,30H,20-21H2. The molecule has 0 bridgehead atoms. The van der Waals surface area contributed by atoms with Crippen LogP contribution in [0.3, 0.4) is 0 Å².